The van der Waals surface area contributed by atoms with Gasteiger partial charge in [-0.1, -0.05) is 0 Å². The summed E-state index contributed by atoms with van der Waals surface area (Å²) in [6.45, 7) is 4.01. The van der Waals surface area contributed by atoms with E-state index in [2.05, 4.69) is 36.0 Å². The fraction of sp³-hybridized carbons (Fsp3) is 0.250. The summed E-state index contributed by atoms with van der Waals surface area (Å²) in [7, 11) is 0. The average Bonchev–Trinajstić information content (AvgIpc) is 3.23. The summed E-state index contributed by atoms with van der Waals surface area (Å²) in [6, 6.07) is 5.62. The largest absolute Gasteiger partial charge is 0.383 e. The maximum absolute atomic E-state index is 12.2. The van der Waals surface area contributed by atoms with E-state index in [4.69, 9.17) is 5.73 Å². The fourth-order valence-electron chi connectivity index (χ4n) is 4.61. The number of hydrogen-bond acceptors (Lipinski definition) is 9. The molecule has 0 spiro atoms. The Morgan fingerprint density at radius 2 is 2.00 bits per heavy atom. The van der Waals surface area contributed by atoms with Gasteiger partial charge in [-0.3, -0.25) is 19.3 Å². The summed E-state index contributed by atoms with van der Waals surface area (Å²) in [5, 5.41) is 25.2. The molecule has 2 aliphatic rings. The first-order valence-corrected chi connectivity index (χ1v) is 11.4. The van der Waals surface area contributed by atoms with Crippen molar-refractivity contribution in [2.24, 2.45) is 0 Å². The monoisotopic (exact) mass is 485 g/mol. The molecule has 0 unspecified atom stereocenters. The van der Waals surface area contributed by atoms with Crippen molar-refractivity contribution in [3.63, 3.8) is 0 Å². The van der Waals surface area contributed by atoms with Crippen LogP contribution in [0.15, 0.2) is 30.6 Å². The summed E-state index contributed by atoms with van der Waals surface area (Å²) in [5.74, 6) is 0.869. The van der Waals surface area contributed by atoms with Crippen molar-refractivity contribution >= 4 is 45.7 Å². The Bertz CT molecular complexity index is 1590. The van der Waals surface area contributed by atoms with E-state index >= 15 is 0 Å². The molecule has 0 saturated heterocycles. The lowest BCUT2D eigenvalue weighted by atomic mass is 9.98. The number of nitrogens with zero attached hydrogens (tertiary/aromatic N) is 5. The molecule has 36 heavy (non-hydrogen) atoms. The molecule has 6 rings (SSSR count). The van der Waals surface area contributed by atoms with E-state index in [0.29, 0.717) is 52.8 Å². The highest BCUT2D eigenvalue weighted by atomic mass is 16.3. The van der Waals surface area contributed by atoms with Gasteiger partial charge in [0.25, 0.3) is 5.91 Å². The third-order valence-electron chi connectivity index (χ3n) is 6.62. The minimum atomic E-state index is -1.68. The van der Waals surface area contributed by atoms with Gasteiger partial charge in [0.15, 0.2) is 11.4 Å². The molecule has 1 atom stereocenters. The summed E-state index contributed by atoms with van der Waals surface area (Å²) >= 11 is 0. The van der Waals surface area contributed by atoms with Crippen molar-refractivity contribution in [1.29, 1.82) is 0 Å². The molecule has 0 saturated carbocycles. The second-order valence-corrected chi connectivity index (χ2v) is 9.13. The van der Waals surface area contributed by atoms with Crippen molar-refractivity contribution in [3.8, 4) is 11.3 Å². The third kappa shape index (κ3) is 3.41. The van der Waals surface area contributed by atoms with Gasteiger partial charge in [0, 0.05) is 48.1 Å². The molecule has 6 heterocycles. The summed E-state index contributed by atoms with van der Waals surface area (Å²) < 4.78 is 1.69. The second-order valence-electron chi connectivity index (χ2n) is 9.13. The Balaban J connectivity index is 1.36. The van der Waals surface area contributed by atoms with E-state index in [9.17, 15) is 14.7 Å². The topological polar surface area (TPSA) is 173 Å². The van der Waals surface area contributed by atoms with Crippen LogP contribution in [0.25, 0.3) is 22.0 Å². The third-order valence-corrected chi connectivity index (χ3v) is 6.62. The quantitative estimate of drug-likeness (QED) is 0.287. The highest BCUT2D eigenvalue weighted by Gasteiger charge is 2.43. The molecule has 2 amide bonds. The Morgan fingerprint density at radius 1 is 1.17 bits per heavy atom. The number of carbonyl (C=O) groups is 2. The smallest absolute Gasteiger partial charge is 0.262 e. The van der Waals surface area contributed by atoms with Gasteiger partial charge in [0.1, 0.15) is 23.9 Å². The zero-order valence-electron chi connectivity index (χ0n) is 19.6. The van der Waals surface area contributed by atoms with Crippen LogP contribution >= 0.6 is 0 Å². The van der Waals surface area contributed by atoms with Crippen molar-refractivity contribution in [1.82, 2.24) is 30.0 Å². The maximum Gasteiger partial charge on any atom is 0.262 e. The van der Waals surface area contributed by atoms with E-state index in [-0.39, 0.29) is 18.1 Å². The summed E-state index contributed by atoms with van der Waals surface area (Å²) in [5.41, 5.74) is 8.29. The Morgan fingerprint density at radius 3 is 2.83 bits per heavy atom. The number of anilines is 4. The predicted molar refractivity (Wildman–Crippen MR) is 132 cm³/mol. The van der Waals surface area contributed by atoms with Crippen molar-refractivity contribution in [2.75, 3.05) is 22.9 Å². The van der Waals surface area contributed by atoms with Crippen molar-refractivity contribution < 1.29 is 14.7 Å². The average molecular weight is 486 g/mol. The molecular weight excluding hydrogens is 462 g/mol. The number of fused-ring (bicyclic) bond motifs is 3. The zero-order chi connectivity index (χ0) is 25.2. The molecule has 0 aliphatic carbocycles. The molecule has 4 aromatic heterocycles. The van der Waals surface area contributed by atoms with Gasteiger partial charge >= 0.3 is 0 Å². The lowest BCUT2D eigenvalue weighted by Crippen LogP contribution is -2.30. The van der Waals surface area contributed by atoms with E-state index < -0.39 is 11.5 Å². The second kappa shape index (κ2) is 7.71. The SMILES string of the molecule is Cc1c(-c2cc3cc(Nc4cc5n(n4)CC(=O)NCC5)ncc3c(N)n2)cnc2c1NC(=O)[C@@]2(C)O. The van der Waals surface area contributed by atoms with Crippen LogP contribution in [0, 0.1) is 6.92 Å². The molecule has 6 N–H and O–H groups in total. The van der Waals surface area contributed by atoms with Gasteiger partial charge in [-0.2, -0.15) is 5.10 Å². The molecule has 12 heteroatoms. The standard InChI is InChI=1S/C24H23N9O3/c1-11-14(8-28-21-20(11)31-23(35)24(21,2)36)16-5-12-6-17(27-9-15(12)22(25)29-16)30-18-7-13-3-4-26-19(34)10-33(13)32-18/h5-9,36H,3-4,10H2,1-2H3,(H2,25,29)(H,26,34)(H,31,35)(H,27,30,32)/t24-/m0/s1. The molecule has 12 nitrogen and oxygen atoms in total. The first-order valence-electron chi connectivity index (χ1n) is 11.4. The number of nitrogens with one attached hydrogen (secondary N) is 3. The van der Waals surface area contributed by atoms with Crippen LogP contribution in [0.5, 0.6) is 0 Å². The van der Waals surface area contributed by atoms with Crippen LogP contribution in [-0.2, 0) is 28.2 Å². The first-order chi connectivity index (χ1) is 17.2. The molecular formula is C24H23N9O3. The van der Waals surface area contributed by atoms with Crippen LogP contribution in [0.1, 0.15) is 23.9 Å². The van der Waals surface area contributed by atoms with Gasteiger partial charge in [-0.25, -0.2) is 9.97 Å². The molecule has 0 bridgehead atoms. The van der Waals surface area contributed by atoms with E-state index in [0.717, 1.165) is 16.6 Å². The normalized spacial score (nSPS) is 18.9. The molecule has 2 aliphatic heterocycles. The number of aliphatic hydroxyl groups is 1. The summed E-state index contributed by atoms with van der Waals surface area (Å²) in [6.07, 6.45) is 3.93. The number of aromatic nitrogens is 5. The molecule has 0 aromatic carbocycles. The van der Waals surface area contributed by atoms with Gasteiger partial charge in [-0.05, 0) is 36.9 Å². The maximum atomic E-state index is 12.2. The van der Waals surface area contributed by atoms with Crippen LogP contribution in [-0.4, -0.2) is 48.2 Å². The van der Waals surface area contributed by atoms with Crippen LogP contribution in [0.4, 0.5) is 23.1 Å². The number of rotatable bonds is 3. The minimum Gasteiger partial charge on any atom is -0.383 e. The van der Waals surface area contributed by atoms with Crippen molar-refractivity contribution in [3.05, 3.63) is 47.5 Å². The predicted octanol–water partition coefficient (Wildman–Crippen LogP) is 1.35. The van der Waals surface area contributed by atoms with Gasteiger partial charge in [0.05, 0.1) is 11.4 Å². The van der Waals surface area contributed by atoms with E-state index in [1.165, 1.54) is 6.92 Å². The Labute approximate surface area is 205 Å². The number of nitrogen functional groups attached to an aromatic ring is 1. The highest BCUT2D eigenvalue weighted by molar-refractivity contribution is 6.05. The highest BCUT2D eigenvalue weighted by Crippen LogP contribution is 2.40. The fourth-order valence-corrected chi connectivity index (χ4v) is 4.61. The van der Waals surface area contributed by atoms with E-state index in [1.807, 2.05) is 25.1 Å². The van der Waals surface area contributed by atoms with Crippen molar-refractivity contribution in [2.45, 2.75) is 32.4 Å². The number of nitrogens with two attached hydrogens (primary N) is 1. The lowest BCUT2D eigenvalue weighted by molar-refractivity contribution is -0.132. The molecule has 0 fully saturated rings. The van der Waals surface area contributed by atoms with Gasteiger partial charge in [0.2, 0.25) is 5.91 Å². The molecule has 4 aromatic rings. The number of pyridine rings is 3. The van der Waals surface area contributed by atoms with Crippen LogP contribution in [0.3, 0.4) is 0 Å². The zero-order valence-corrected chi connectivity index (χ0v) is 19.6. The number of carbonyl (C=O) groups excluding carboxylic acids is 2. The molecule has 182 valence electrons. The number of hydrogen-bond donors (Lipinski definition) is 5. The van der Waals surface area contributed by atoms with Gasteiger partial charge in [-0.15, -0.1) is 0 Å². The lowest BCUT2D eigenvalue weighted by Gasteiger charge is -2.14. The van der Waals surface area contributed by atoms with Gasteiger partial charge < -0.3 is 26.8 Å². The number of amides is 2. The first kappa shape index (κ1) is 21.9. The van der Waals surface area contributed by atoms with Crippen LogP contribution in [0.2, 0.25) is 0 Å². The Hall–Kier alpha value is -4.58. The van der Waals surface area contributed by atoms with E-state index in [1.54, 1.807) is 17.1 Å². The summed E-state index contributed by atoms with van der Waals surface area (Å²) in [4.78, 5) is 37.3. The molecule has 0 radical (unpaired) electrons. The minimum absolute atomic E-state index is 0.0674. The van der Waals surface area contributed by atoms with Crippen LogP contribution < -0.4 is 21.7 Å². The Kier molecular flexibility index (Phi) is 4.70.